The molecular weight excluding hydrogens is 245 g/mol. The molecule has 2 aromatic rings. The first-order chi connectivity index (χ1) is 8.41. The van der Waals surface area contributed by atoms with Crippen molar-refractivity contribution in [3.05, 3.63) is 30.0 Å². The fourth-order valence-electron chi connectivity index (χ4n) is 1.75. The first-order valence-electron chi connectivity index (χ1n) is 5.55. The molecule has 1 atom stereocenters. The topological polar surface area (TPSA) is 38.0 Å². The molecule has 0 unspecified atom stereocenters. The van der Waals surface area contributed by atoms with Gasteiger partial charge in [0.25, 0.3) is 0 Å². The second-order valence-electron chi connectivity index (χ2n) is 4.39. The molecule has 0 fully saturated rings. The number of benzene rings is 1. The highest BCUT2D eigenvalue weighted by atomic mass is 19.4. The van der Waals surface area contributed by atoms with Crippen molar-refractivity contribution in [2.24, 2.45) is 5.92 Å². The molecule has 1 aromatic heterocycles. The average molecular weight is 258 g/mol. The number of hydrogen-bond acceptors (Lipinski definition) is 2. The van der Waals surface area contributed by atoms with Crippen LogP contribution in [0.4, 0.5) is 13.2 Å². The molecule has 0 amide bonds. The van der Waals surface area contributed by atoms with E-state index in [1.807, 2.05) is 0 Å². The summed E-state index contributed by atoms with van der Waals surface area (Å²) in [5, 5.41) is 13.7. The average Bonchev–Trinajstić information content (AvgIpc) is 2.70. The largest absolute Gasteiger partial charge is 0.416 e. The molecule has 1 heterocycles. The lowest BCUT2D eigenvalue weighted by Gasteiger charge is -2.10. The Labute approximate surface area is 102 Å². The number of alkyl halides is 3. The van der Waals surface area contributed by atoms with Gasteiger partial charge < -0.3 is 5.11 Å². The molecule has 18 heavy (non-hydrogen) atoms. The predicted molar refractivity (Wildman–Crippen MR) is 61.0 cm³/mol. The van der Waals surface area contributed by atoms with E-state index in [0.717, 1.165) is 12.1 Å². The summed E-state index contributed by atoms with van der Waals surface area (Å²) in [6.07, 6.45) is -2.83. The Bertz CT molecular complexity index is 548. The molecule has 1 N–H and O–H groups in total. The zero-order valence-corrected chi connectivity index (χ0v) is 9.78. The molecule has 0 saturated heterocycles. The number of hydrogen-bond donors (Lipinski definition) is 1. The highest BCUT2D eigenvalue weighted by Gasteiger charge is 2.30. The van der Waals surface area contributed by atoms with Gasteiger partial charge in [0.1, 0.15) is 0 Å². The van der Waals surface area contributed by atoms with Crippen LogP contribution in [0.5, 0.6) is 0 Å². The standard InChI is InChI=1S/C12H13F3N2O/c1-8(7-18)6-17-11-4-10(12(13,14)15)3-2-9(11)5-16-17/h2-5,8,18H,6-7H2,1H3/t8-/m0/s1. The van der Waals surface area contributed by atoms with E-state index in [4.69, 9.17) is 5.11 Å². The molecule has 0 saturated carbocycles. The minimum absolute atomic E-state index is 0.0275. The van der Waals surface area contributed by atoms with Gasteiger partial charge >= 0.3 is 6.18 Å². The maximum absolute atomic E-state index is 12.6. The molecule has 98 valence electrons. The monoisotopic (exact) mass is 258 g/mol. The quantitative estimate of drug-likeness (QED) is 0.919. The number of halogens is 3. The molecule has 0 aliphatic rings. The van der Waals surface area contributed by atoms with Crippen LogP contribution in [0.3, 0.4) is 0 Å². The van der Waals surface area contributed by atoms with Crippen LogP contribution in [0, 0.1) is 5.92 Å². The summed E-state index contributed by atoms with van der Waals surface area (Å²) in [7, 11) is 0. The van der Waals surface area contributed by atoms with Gasteiger partial charge in [-0.2, -0.15) is 18.3 Å². The number of aromatic nitrogens is 2. The molecule has 0 bridgehead atoms. The third kappa shape index (κ3) is 2.48. The maximum Gasteiger partial charge on any atom is 0.416 e. The van der Waals surface area contributed by atoms with E-state index < -0.39 is 11.7 Å². The molecule has 6 heteroatoms. The highest BCUT2D eigenvalue weighted by Crippen LogP contribution is 2.31. The summed E-state index contributed by atoms with van der Waals surface area (Å²) >= 11 is 0. The van der Waals surface area contributed by atoms with Crippen molar-refractivity contribution in [3.8, 4) is 0 Å². The van der Waals surface area contributed by atoms with Crippen LogP contribution in [0.25, 0.3) is 10.9 Å². The molecule has 0 aliphatic carbocycles. The van der Waals surface area contributed by atoms with E-state index in [2.05, 4.69) is 5.10 Å². The van der Waals surface area contributed by atoms with Crippen molar-refractivity contribution in [2.75, 3.05) is 6.61 Å². The maximum atomic E-state index is 12.6. The van der Waals surface area contributed by atoms with E-state index >= 15 is 0 Å². The van der Waals surface area contributed by atoms with Gasteiger partial charge in [-0.3, -0.25) is 4.68 Å². The van der Waals surface area contributed by atoms with Gasteiger partial charge in [0.2, 0.25) is 0 Å². The minimum Gasteiger partial charge on any atom is -0.396 e. The minimum atomic E-state index is -4.36. The van der Waals surface area contributed by atoms with E-state index in [0.29, 0.717) is 17.4 Å². The summed E-state index contributed by atoms with van der Waals surface area (Å²) in [4.78, 5) is 0. The van der Waals surface area contributed by atoms with Crippen molar-refractivity contribution in [3.63, 3.8) is 0 Å². The van der Waals surface area contributed by atoms with Gasteiger partial charge in [0.05, 0.1) is 17.3 Å². The van der Waals surface area contributed by atoms with Crippen LogP contribution in [0.15, 0.2) is 24.4 Å². The van der Waals surface area contributed by atoms with Gasteiger partial charge in [-0.1, -0.05) is 13.0 Å². The lowest BCUT2D eigenvalue weighted by Crippen LogP contribution is -2.12. The first kappa shape index (κ1) is 12.9. The number of fused-ring (bicyclic) bond motifs is 1. The fourth-order valence-corrected chi connectivity index (χ4v) is 1.75. The van der Waals surface area contributed by atoms with Crippen LogP contribution >= 0.6 is 0 Å². The van der Waals surface area contributed by atoms with Crippen LogP contribution in [-0.2, 0) is 12.7 Å². The second-order valence-corrected chi connectivity index (χ2v) is 4.39. The van der Waals surface area contributed by atoms with Crippen LogP contribution < -0.4 is 0 Å². The summed E-state index contributed by atoms with van der Waals surface area (Å²) in [5.41, 5.74) is -0.251. The molecule has 3 nitrogen and oxygen atoms in total. The van der Waals surface area contributed by atoms with Crippen molar-refractivity contribution in [1.29, 1.82) is 0 Å². The third-order valence-corrected chi connectivity index (χ3v) is 2.77. The lowest BCUT2D eigenvalue weighted by atomic mass is 10.1. The van der Waals surface area contributed by atoms with E-state index in [1.165, 1.54) is 16.9 Å². The molecule has 2 rings (SSSR count). The van der Waals surface area contributed by atoms with E-state index in [9.17, 15) is 13.2 Å². The fraction of sp³-hybridized carbons (Fsp3) is 0.417. The number of rotatable bonds is 3. The Balaban J connectivity index is 2.43. The summed E-state index contributed by atoms with van der Waals surface area (Å²) in [6.45, 7) is 2.17. The van der Waals surface area contributed by atoms with Crippen molar-refractivity contribution in [2.45, 2.75) is 19.6 Å². The lowest BCUT2D eigenvalue weighted by molar-refractivity contribution is -0.137. The molecular formula is C12H13F3N2O. The molecule has 0 radical (unpaired) electrons. The Hall–Kier alpha value is -1.56. The van der Waals surface area contributed by atoms with E-state index in [1.54, 1.807) is 6.92 Å². The van der Waals surface area contributed by atoms with Crippen molar-refractivity contribution < 1.29 is 18.3 Å². The van der Waals surface area contributed by atoms with Gasteiger partial charge in [-0.25, -0.2) is 0 Å². The smallest absolute Gasteiger partial charge is 0.396 e. The number of aliphatic hydroxyl groups excluding tert-OH is 1. The summed E-state index contributed by atoms with van der Waals surface area (Å²) < 4.78 is 39.3. The number of aliphatic hydroxyl groups is 1. The number of nitrogens with zero attached hydrogens (tertiary/aromatic N) is 2. The Kier molecular flexibility index (Phi) is 3.30. The van der Waals surface area contributed by atoms with Gasteiger partial charge in [-0.05, 0) is 18.1 Å². The Morgan fingerprint density at radius 3 is 2.72 bits per heavy atom. The molecule has 0 spiro atoms. The Morgan fingerprint density at radius 1 is 1.39 bits per heavy atom. The molecule has 0 aliphatic heterocycles. The first-order valence-corrected chi connectivity index (χ1v) is 5.55. The second kappa shape index (κ2) is 4.61. The van der Waals surface area contributed by atoms with Crippen molar-refractivity contribution in [1.82, 2.24) is 9.78 Å². The van der Waals surface area contributed by atoms with Crippen molar-refractivity contribution >= 4 is 10.9 Å². The summed E-state index contributed by atoms with van der Waals surface area (Å²) in [6, 6.07) is 3.54. The van der Waals surface area contributed by atoms with E-state index in [-0.39, 0.29) is 12.5 Å². The normalized spacial score (nSPS) is 14.1. The third-order valence-electron chi connectivity index (χ3n) is 2.77. The zero-order chi connectivity index (χ0) is 13.3. The van der Waals surface area contributed by atoms with Gasteiger partial charge in [0.15, 0.2) is 0 Å². The van der Waals surface area contributed by atoms with Crippen LogP contribution in [0.1, 0.15) is 12.5 Å². The van der Waals surface area contributed by atoms with Gasteiger partial charge in [-0.15, -0.1) is 0 Å². The SMILES string of the molecule is C[C@H](CO)Cn1ncc2ccc(C(F)(F)F)cc21. The van der Waals surface area contributed by atoms with Gasteiger partial charge in [0, 0.05) is 18.5 Å². The highest BCUT2D eigenvalue weighted by molar-refractivity contribution is 5.79. The van der Waals surface area contributed by atoms with Crippen LogP contribution in [-0.4, -0.2) is 21.5 Å². The summed E-state index contributed by atoms with van der Waals surface area (Å²) in [5.74, 6) is -0.0531. The predicted octanol–water partition coefficient (Wildman–Crippen LogP) is 2.68. The zero-order valence-electron chi connectivity index (χ0n) is 9.78. The Morgan fingerprint density at radius 2 is 2.11 bits per heavy atom. The molecule has 1 aromatic carbocycles. The van der Waals surface area contributed by atoms with Crippen LogP contribution in [0.2, 0.25) is 0 Å².